The minimum absolute atomic E-state index is 0.0596. The molecule has 2 atom stereocenters. The average Bonchev–Trinajstić information content (AvgIpc) is 3.92. The van der Waals surface area contributed by atoms with Crippen molar-refractivity contribution in [2.75, 3.05) is 49.1 Å². The van der Waals surface area contributed by atoms with Crippen LogP contribution in [0.25, 0.3) is 17.0 Å². The second-order valence-corrected chi connectivity index (χ2v) is 14.7. The van der Waals surface area contributed by atoms with Gasteiger partial charge in [0.25, 0.3) is 11.8 Å². The molecule has 14 heteroatoms. The number of anilines is 2. The summed E-state index contributed by atoms with van der Waals surface area (Å²) in [5, 5.41) is 7.25. The molecule has 7 heterocycles. The maximum absolute atomic E-state index is 14.1. The standard InChI is InChI=1S/C41H40FN9O4/c42-28-7-1-6-27(24-28)32-9-4-18-49(32)37-15-14-35-43-25-34(51(35)46-37)31-8-2-10-36(44-31)48-21-19-47(20-22-48)17-3-5-26-11-12-29-30(23-26)41(55)50(40(29)54)33-13-16-38(52)45-39(33)53/h1-2,6-8,10-12,14-15,23-25,32-33H,3-5,9,13,16-22H2,(H,45,52,53). The van der Waals surface area contributed by atoms with Crippen molar-refractivity contribution >= 4 is 40.9 Å². The van der Waals surface area contributed by atoms with Gasteiger partial charge in [-0.05, 0) is 98.3 Å². The minimum atomic E-state index is -0.968. The summed E-state index contributed by atoms with van der Waals surface area (Å²) in [4.78, 5) is 67.9. The van der Waals surface area contributed by atoms with E-state index in [1.165, 1.54) is 6.07 Å². The van der Waals surface area contributed by atoms with Crippen LogP contribution in [0.3, 0.4) is 0 Å². The van der Waals surface area contributed by atoms with Crippen LogP contribution in [-0.2, 0) is 16.0 Å². The zero-order valence-corrected chi connectivity index (χ0v) is 30.2. The molecule has 3 aromatic heterocycles. The van der Waals surface area contributed by atoms with Crippen LogP contribution in [0.5, 0.6) is 0 Å². The van der Waals surface area contributed by atoms with Crippen molar-refractivity contribution in [3.8, 4) is 11.4 Å². The van der Waals surface area contributed by atoms with Crippen LogP contribution < -0.4 is 15.1 Å². The van der Waals surface area contributed by atoms with Crippen molar-refractivity contribution in [3.05, 3.63) is 107 Å². The van der Waals surface area contributed by atoms with E-state index in [2.05, 4.69) is 25.0 Å². The van der Waals surface area contributed by atoms with Gasteiger partial charge in [-0.3, -0.25) is 34.3 Å². The van der Waals surface area contributed by atoms with Gasteiger partial charge in [0, 0.05) is 39.1 Å². The zero-order valence-electron chi connectivity index (χ0n) is 30.2. The molecule has 0 radical (unpaired) electrons. The summed E-state index contributed by atoms with van der Waals surface area (Å²) in [5.74, 6) is -0.477. The zero-order chi connectivity index (χ0) is 37.6. The molecule has 55 heavy (non-hydrogen) atoms. The second-order valence-electron chi connectivity index (χ2n) is 14.7. The van der Waals surface area contributed by atoms with E-state index in [4.69, 9.17) is 10.1 Å². The summed E-state index contributed by atoms with van der Waals surface area (Å²) in [6, 6.07) is 21.3. The number of fused-ring (bicyclic) bond motifs is 2. The molecule has 1 N–H and O–H groups in total. The Hall–Kier alpha value is -6.02. The van der Waals surface area contributed by atoms with E-state index >= 15 is 0 Å². The highest BCUT2D eigenvalue weighted by Gasteiger charge is 2.44. The number of imidazole rings is 1. The number of nitrogens with zero attached hydrogens (tertiary/aromatic N) is 8. The van der Waals surface area contributed by atoms with E-state index in [9.17, 15) is 23.6 Å². The van der Waals surface area contributed by atoms with Crippen LogP contribution in [0.15, 0.2) is 79.0 Å². The molecule has 4 aliphatic heterocycles. The van der Waals surface area contributed by atoms with Gasteiger partial charge in [-0.1, -0.05) is 24.3 Å². The molecule has 13 nitrogen and oxygen atoms in total. The summed E-state index contributed by atoms with van der Waals surface area (Å²) in [7, 11) is 0. The molecule has 0 aliphatic carbocycles. The summed E-state index contributed by atoms with van der Waals surface area (Å²) < 4.78 is 15.9. The van der Waals surface area contributed by atoms with Gasteiger partial charge < -0.3 is 9.80 Å². The number of pyridine rings is 1. The van der Waals surface area contributed by atoms with Gasteiger partial charge >= 0.3 is 0 Å². The number of halogens is 1. The summed E-state index contributed by atoms with van der Waals surface area (Å²) in [6.45, 7) is 5.15. The normalized spacial score (nSPS) is 20.5. The average molecular weight is 742 g/mol. The van der Waals surface area contributed by atoms with E-state index in [0.717, 1.165) is 110 Å². The van der Waals surface area contributed by atoms with Crippen LogP contribution in [0.1, 0.15) is 70.0 Å². The molecule has 4 amide bonds. The second kappa shape index (κ2) is 14.3. The van der Waals surface area contributed by atoms with E-state index in [0.29, 0.717) is 11.1 Å². The smallest absolute Gasteiger partial charge is 0.262 e. The van der Waals surface area contributed by atoms with E-state index < -0.39 is 29.7 Å². The Bertz CT molecular complexity index is 2340. The SMILES string of the molecule is O=C1CCC(N2C(=O)c3ccc(CCCN4CCN(c5cccc(-c6cnc7ccc(N8CCCC8c8cccc(F)c8)nn67)n5)CC4)cc3C2=O)C(=O)N1. The van der Waals surface area contributed by atoms with Crippen LogP contribution in [-0.4, -0.2) is 98.3 Å². The lowest BCUT2D eigenvalue weighted by molar-refractivity contribution is -0.136. The third kappa shape index (κ3) is 6.60. The largest absolute Gasteiger partial charge is 0.354 e. The fourth-order valence-electron chi connectivity index (χ4n) is 8.42. The molecule has 3 fully saturated rings. The first-order valence-corrected chi connectivity index (χ1v) is 19.0. The Balaban J connectivity index is 0.814. The maximum Gasteiger partial charge on any atom is 0.262 e. The first-order chi connectivity index (χ1) is 26.8. The fourth-order valence-corrected chi connectivity index (χ4v) is 8.42. The number of imide groups is 2. The predicted octanol–water partition coefficient (Wildman–Crippen LogP) is 4.43. The molecule has 2 unspecified atom stereocenters. The maximum atomic E-state index is 14.1. The Morgan fingerprint density at radius 3 is 2.47 bits per heavy atom. The number of hydrogen-bond donors (Lipinski definition) is 1. The lowest BCUT2D eigenvalue weighted by atomic mass is 10.0. The van der Waals surface area contributed by atoms with Crippen LogP contribution in [0.4, 0.5) is 16.0 Å². The number of piperazine rings is 1. The Kier molecular flexibility index (Phi) is 9.05. The molecule has 5 aromatic rings. The van der Waals surface area contributed by atoms with E-state index in [-0.39, 0.29) is 24.7 Å². The lowest BCUT2D eigenvalue weighted by Gasteiger charge is -2.35. The Morgan fingerprint density at radius 1 is 0.800 bits per heavy atom. The highest BCUT2D eigenvalue weighted by Crippen LogP contribution is 2.36. The number of carbonyl (C=O) groups excluding carboxylic acids is 4. The third-order valence-electron chi connectivity index (χ3n) is 11.3. The number of piperidine rings is 1. The van der Waals surface area contributed by atoms with Crippen molar-refractivity contribution in [2.45, 2.75) is 50.6 Å². The number of benzene rings is 2. The molecular formula is C41H40FN9O4. The van der Waals surface area contributed by atoms with E-state index in [1.807, 2.05) is 53.2 Å². The molecule has 0 bridgehead atoms. The lowest BCUT2D eigenvalue weighted by Crippen LogP contribution is -2.54. The predicted molar refractivity (Wildman–Crippen MR) is 202 cm³/mol. The minimum Gasteiger partial charge on any atom is -0.354 e. The molecule has 0 saturated carbocycles. The van der Waals surface area contributed by atoms with Crippen molar-refractivity contribution in [1.29, 1.82) is 0 Å². The number of nitrogens with one attached hydrogen (secondary N) is 1. The van der Waals surface area contributed by atoms with Gasteiger partial charge in [0.05, 0.1) is 29.1 Å². The Labute approximate surface area is 316 Å². The Morgan fingerprint density at radius 2 is 1.64 bits per heavy atom. The molecule has 280 valence electrons. The molecular weight excluding hydrogens is 702 g/mol. The van der Waals surface area contributed by atoms with Crippen molar-refractivity contribution in [2.24, 2.45) is 0 Å². The topological polar surface area (TPSA) is 136 Å². The molecule has 3 saturated heterocycles. The quantitative estimate of drug-likeness (QED) is 0.216. The van der Waals surface area contributed by atoms with Crippen molar-refractivity contribution in [3.63, 3.8) is 0 Å². The van der Waals surface area contributed by atoms with E-state index in [1.54, 1.807) is 24.3 Å². The van der Waals surface area contributed by atoms with Gasteiger partial charge in [0.15, 0.2) is 5.65 Å². The number of aryl methyl sites for hydroxylation is 1. The summed E-state index contributed by atoms with van der Waals surface area (Å²) in [6.07, 6.45) is 5.61. The summed E-state index contributed by atoms with van der Waals surface area (Å²) >= 11 is 0. The first kappa shape index (κ1) is 34.7. The fraction of sp³-hybridized carbons (Fsp3) is 0.341. The summed E-state index contributed by atoms with van der Waals surface area (Å²) in [5.41, 5.74) is 4.86. The van der Waals surface area contributed by atoms with Gasteiger partial charge in [-0.25, -0.2) is 18.9 Å². The van der Waals surface area contributed by atoms with Gasteiger partial charge in [-0.15, -0.1) is 5.10 Å². The number of rotatable bonds is 9. The molecule has 9 rings (SSSR count). The molecule has 2 aromatic carbocycles. The van der Waals surface area contributed by atoms with Gasteiger partial charge in [0.2, 0.25) is 11.8 Å². The van der Waals surface area contributed by atoms with Crippen LogP contribution >= 0.6 is 0 Å². The van der Waals surface area contributed by atoms with Gasteiger partial charge in [-0.2, -0.15) is 0 Å². The number of carbonyl (C=O) groups is 4. The first-order valence-electron chi connectivity index (χ1n) is 19.0. The highest BCUT2D eigenvalue weighted by atomic mass is 19.1. The number of aromatic nitrogens is 4. The number of hydrogen-bond acceptors (Lipinski definition) is 10. The molecule has 4 aliphatic rings. The van der Waals surface area contributed by atoms with Crippen LogP contribution in [0.2, 0.25) is 0 Å². The highest BCUT2D eigenvalue weighted by molar-refractivity contribution is 6.23. The number of amides is 4. The monoisotopic (exact) mass is 741 g/mol. The van der Waals surface area contributed by atoms with Crippen LogP contribution in [0, 0.1) is 5.82 Å². The van der Waals surface area contributed by atoms with Crippen molar-refractivity contribution in [1.82, 2.24) is 34.7 Å². The van der Waals surface area contributed by atoms with Crippen molar-refractivity contribution < 1.29 is 23.6 Å². The third-order valence-corrected chi connectivity index (χ3v) is 11.3. The molecule has 0 spiro atoms. The van der Waals surface area contributed by atoms with Gasteiger partial charge in [0.1, 0.15) is 29.2 Å².